The number of carbonyl (C=O) groups excluding carboxylic acids is 1. The molecule has 0 bridgehead atoms. The Bertz CT molecular complexity index is 1110. The van der Waals surface area contributed by atoms with E-state index in [1.165, 1.54) is 17.3 Å². The molecule has 7 heteroatoms. The van der Waals surface area contributed by atoms with Gasteiger partial charge in [-0.25, -0.2) is 4.98 Å². The number of para-hydroxylation sites is 1. The molecule has 0 aliphatic carbocycles. The Morgan fingerprint density at radius 2 is 1.84 bits per heavy atom. The van der Waals surface area contributed by atoms with Gasteiger partial charge in [0, 0.05) is 13.2 Å². The Hall–Kier alpha value is -2.64. The number of nitrogens with zero attached hydrogens (tertiary/aromatic N) is 2. The molecule has 2 N–H and O–H groups in total. The van der Waals surface area contributed by atoms with Gasteiger partial charge in [-0.1, -0.05) is 62.0 Å². The van der Waals surface area contributed by atoms with Gasteiger partial charge in [0.25, 0.3) is 5.56 Å². The van der Waals surface area contributed by atoms with Gasteiger partial charge >= 0.3 is 0 Å². The van der Waals surface area contributed by atoms with Crippen LogP contribution in [0.2, 0.25) is 0 Å². The predicted molar refractivity (Wildman–Crippen MR) is 130 cm³/mol. The van der Waals surface area contributed by atoms with Crippen LogP contribution in [0.15, 0.2) is 58.5 Å². The van der Waals surface area contributed by atoms with Gasteiger partial charge in [0.2, 0.25) is 5.91 Å². The normalized spacial score (nSPS) is 12.3. The number of rotatable bonds is 10. The number of aromatic nitrogens is 2. The van der Waals surface area contributed by atoms with Crippen molar-refractivity contribution in [1.29, 1.82) is 0 Å². The molecule has 0 radical (unpaired) electrons. The van der Waals surface area contributed by atoms with E-state index in [9.17, 15) is 14.7 Å². The minimum atomic E-state index is -0.151. The zero-order chi connectivity index (χ0) is 23.1. The Morgan fingerprint density at radius 1 is 1.12 bits per heavy atom. The lowest BCUT2D eigenvalue weighted by Gasteiger charge is -2.16. The van der Waals surface area contributed by atoms with Gasteiger partial charge < -0.3 is 10.4 Å². The van der Waals surface area contributed by atoms with Crippen molar-refractivity contribution >= 4 is 28.6 Å². The number of carbonyl (C=O) groups is 1. The third-order valence-corrected chi connectivity index (χ3v) is 6.18. The first-order valence-corrected chi connectivity index (χ1v) is 12.0. The molecule has 0 aliphatic rings. The van der Waals surface area contributed by atoms with Crippen molar-refractivity contribution in [2.45, 2.75) is 51.4 Å². The Labute approximate surface area is 193 Å². The number of benzene rings is 2. The molecule has 6 nitrogen and oxygen atoms in total. The monoisotopic (exact) mass is 453 g/mol. The minimum Gasteiger partial charge on any atom is -0.396 e. The summed E-state index contributed by atoms with van der Waals surface area (Å²) in [7, 11) is 0. The minimum absolute atomic E-state index is 0.0165. The Kier molecular flexibility index (Phi) is 8.47. The fraction of sp³-hybridized carbons (Fsp3) is 0.400. The quantitative estimate of drug-likeness (QED) is 0.359. The van der Waals surface area contributed by atoms with E-state index in [-0.39, 0.29) is 29.9 Å². The van der Waals surface area contributed by atoms with Crippen molar-refractivity contribution in [3.63, 3.8) is 0 Å². The second-order valence-corrected chi connectivity index (χ2v) is 9.31. The summed E-state index contributed by atoms with van der Waals surface area (Å²) in [5, 5.41) is 13.3. The van der Waals surface area contributed by atoms with Crippen molar-refractivity contribution in [2.24, 2.45) is 5.92 Å². The van der Waals surface area contributed by atoms with Gasteiger partial charge in [-0.05, 0) is 48.9 Å². The number of thioether (sulfide) groups is 1. The molecule has 0 saturated carbocycles. The number of amides is 1. The van der Waals surface area contributed by atoms with Gasteiger partial charge in [0.1, 0.15) is 0 Å². The summed E-state index contributed by atoms with van der Waals surface area (Å²) in [6, 6.07) is 15.4. The maximum absolute atomic E-state index is 12.9. The number of hydrogen-bond donors (Lipinski definition) is 2. The van der Waals surface area contributed by atoms with Crippen molar-refractivity contribution in [1.82, 2.24) is 14.9 Å². The summed E-state index contributed by atoms with van der Waals surface area (Å²) >= 11 is 1.24. The fourth-order valence-corrected chi connectivity index (χ4v) is 4.43. The second kappa shape index (κ2) is 11.3. The lowest BCUT2D eigenvalue weighted by Crippen LogP contribution is -2.29. The molecule has 1 aromatic heterocycles. The second-order valence-electron chi connectivity index (χ2n) is 8.36. The summed E-state index contributed by atoms with van der Waals surface area (Å²) in [5.41, 5.74) is 2.80. The summed E-state index contributed by atoms with van der Waals surface area (Å²) in [5.74, 6) is 0.637. The maximum Gasteiger partial charge on any atom is 0.262 e. The summed E-state index contributed by atoms with van der Waals surface area (Å²) in [6.45, 7) is 6.70. The summed E-state index contributed by atoms with van der Waals surface area (Å²) in [4.78, 5) is 30.1. The molecule has 1 amide bonds. The molecule has 3 rings (SSSR count). The van der Waals surface area contributed by atoms with Crippen LogP contribution in [-0.4, -0.2) is 32.9 Å². The van der Waals surface area contributed by atoms with Gasteiger partial charge in [0.05, 0.1) is 22.7 Å². The summed E-state index contributed by atoms with van der Waals surface area (Å²) in [6.07, 6.45) is 1.48. The van der Waals surface area contributed by atoms with Crippen LogP contribution in [0.25, 0.3) is 10.9 Å². The van der Waals surface area contributed by atoms with E-state index < -0.39 is 0 Å². The number of aliphatic hydroxyl groups excluding tert-OH is 1. The highest BCUT2D eigenvalue weighted by molar-refractivity contribution is 7.99. The first-order chi connectivity index (χ1) is 15.4. The number of fused-ring (bicyclic) bond motifs is 1. The molecule has 1 atom stereocenters. The zero-order valence-electron chi connectivity index (χ0n) is 18.9. The maximum atomic E-state index is 12.9. The van der Waals surface area contributed by atoms with Crippen LogP contribution in [0, 0.1) is 5.92 Å². The first kappa shape index (κ1) is 24.0. The SMILES string of the molecule is CC(C)Cc1ccc(C(C)NC(=O)CSc2nc3ccccc3c(=O)n2CCCO)cc1. The molecule has 0 spiro atoms. The van der Waals surface area contributed by atoms with Crippen molar-refractivity contribution in [3.8, 4) is 0 Å². The van der Waals surface area contributed by atoms with Crippen LogP contribution in [-0.2, 0) is 17.8 Å². The number of nitrogens with one attached hydrogen (secondary N) is 1. The molecule has 170 valence electrons. The highest BCUT2D eigenvalue weighted by Gasteiger charge is 2.15. The van der Waals surface area contributed by atoms with Crippen molar-refractivity contribution in [2.75, 3.05) is 12.4 Å². The standard InChI is InChI=1S/C25H31N3O3S/c1-17(2)15-19-9-11-20(12-10-19)18(3)26-23(30)16-32-25-27-22-8-5-4-7-21(22)24(31)28(25)13-6-14-29/h4-5,7-12,17-18,29H,6,13-16H2,1-3H3,(H,26,30). The molecular weight excluding hydrogens is 422 g/mol. The van der Waals surface area contributed by atoms with E-state index >= 15 is 0 Å². The van der Waals surface area contributed by atoms with Crippen molar-refractivity contribution in [3.05, 3.63) is 70.0 Å². The van der Waals surface area contributed by atoms with Crippen molar-refractivity contribution < 1.29 is 9.90 Å². The van der Waals surface area contributed by atoms with Crippen LogP contribution in [0.3, 0.4) is 0 Å². The smallest absolute Gasteiger partial charge is 0.262 e. The number of aliphatic hydroxyl groups is 1. The molecule has 1 heterocycles. The van der Waals surface area contributed by atoms with Gasteiger partial charge in [-0.2, -0.15) is 0 Å². The van der Waals surface area contributed by atoms with Gasteiger partial charge in [-0.15, -0.1) is 0 Å². The van der Waals surface area contributed by atoms with Crippen LogP contribution >= 0.6 is 11.8 Å². The topological polar surface area (TPSA) is 84.2 Å². The highest BCUT2D eigenvalue weighted by Crippen LogP contribution is 2.19. The molecule has 2 aromatic carbocycles. The highest BCUT2D eigenvalue weighted by atomic mass is 32.2. The van der Waals surface area contributed by atoms with E-state index in [0.29, 0.717) is 34.9 Å². The average Bonchev–Trinajstić information content (AvgIpc) is 2.77. The van der Waals surface area contributed by atoms with Crippen LogP contribution < -0.4 is 10.9 Å². The third kappa shape index (κ3) is 6.20. The Morgan fingerprint density at radius 3 is 2.53 bits per heavy atom. The molecule has 0 saturated heterocycles. The van der Waals surface area contributed by atoms with E-state index in [1.54, 1.807) is 22.8 Å². The molecule has 3 aromatic rings. The van der Waals surface area contributed by atoms with E-state index in [0.717, 1.165) is 12.0 Å². The zero-order valence-corrected chi connectivity index (χ0v) is 19.7. The molecule has 32 heavy (non-hydrogen) atoms. The first-order valence-electron chi connectivity index (χ1n) is 11.0. The molecule has 0 aliphatic heterocycles. The molecular formula is C25H31N3O3S. The molecule has 1 unspecified atom stereocenters. The average molecular weight is 454 g/mol. The number of hydrogen-bond acceptors (Lipinski definition) is 5. The summed E-state index contributed by atoms with van der Waals surface area (Å²) < 4.78 is 1.55. The van der Waals surface area contributed by atoms with E-state index in [1.807, 2.05) is 13.0 Å². The van der Waals surface area contributed by atoms with E-state index in [4.69, 9.17) is 0 Å². The van der Waals surface area contributed by atoms with Gasteiger partial charge in [0.15, 0.2) is 5.16 Å². The third-order valence-electron chi connectivity index (χ3n) is 5.20. The predicted octanol–water partition coefficient (Wildman–Crippen LogP) is 3.95. The lowest BCUT2D eigenvalue weighted by atomic mass is 10.00. The largest absolute Gasteiger partial charge is 0.396 e. The van der Waals surface area contributed by atoms with Crippen LogP contribution in [0.1, 0.15) is 44.4 Å². The lowest BCUT2D eigenvalue weighted by molar-refractivity contribution is -0.119. The van der Waals surface area contributed by atoms with Gasteiger partial charge in [-0.3, -0.25) is 14.2 Å². The van der Waals surface area contributed by atoms with E-state index in [2.05, 4.69) is 48.4 Å². The van der Waals surface area contributed by atoms with Crippen LogP contribution in [0.4, 0.5) is 0 Å². The Balaban J connectivity index is 1.68. The molecule has 0 fully saturated rings. The fourth-order valence-electron chi connectivity index (χ4n) is 3.59. The van der Waals surface area contributed by atoms with Crippen LogP contribution in [0.5, 0.6) is 0 Å².